The highest BCUT2D eigenvalue weighted by Crippen LogP contribution is 2.18. The number of rotatable bonds is 7. The molecule has 0 unspecified atom stereocenters. The Kier molecular flexibility index (Phi) is 5.18. The average molecular weight is 273 g/mol. The van der Waals surface area contributed by atoms with Crippen LogP contribution in [-0.4, -0.2) is 16.2 Å². The molecule has 1 N–H and O–H groups in total. The van der Waals surface area contributed by atoms with E-state index in [1.807, 2.05) is 31.6 Å². The second kappa shape index (κ2) is 7.10. The summed E-state index contributed by atoms with van der Waals surface area (Å²) in [7, 11) is 0. The SMILES string of the molecule is CCOCc1ccccc1NCc1cncn1C(C)C. The predicted molar refractivity (Wildman–Crippen MR) is 81.7 cm³/mol. The second-order valence-corrected chi connectivity index (χ2v) is 5.03. The maximum atomic E-state index is 5.50. The largest absolute Gasteiger partial charge is 0.379 e. The highest BCUT2D eigenvalue weighted by atomic mass is 16.5. The Morgan fingerprint density at radius 2 is 2.10 bits per heavy atom. The first-order chi connectivity index (χ1) is 9.72. The lowest BCUT2D eigenvalue weighted by atomic mass is 10.2. The zero-order valence-electron chi connectivity index (χ0n) is 12.5. The molecule has 0 aliphatic carbocycles. The summed E-state index contributed by atoms with van der Waals surface area (Å²) in [6.07, 6.45) is 3.80. The van der Waals surface area contributed by atoms with Crippen LogP contribution in [0.15, 0.2) is 36.8 Å². The Morgan fingerprint density at radius 3 is 2.85 bits per heavy atom. The lowest BCUT2D eigenvalue weighted by Gasteiger charge is -2.15. The molecule has 2 rings (SSSR count). The molecule has 1 aromatic heterocycles. The standard InChI is InChI=1S/C16H23N3O/c1-4-20-11-14-7-5-6-8-16(14)18-10-15-9-17-12-19(15)13(2)3/h5-9,12-13,18H,4,10-11H2,1-3H3. The number of imidazole rings is 1. The van der Waals surface area contributed by atoms with Gasteiger partial charge in [-0.25, -0.2) is 4.98 Å². The molecule has 0 saturated heterocycles. The van der Waals surface area contributed by atoms with Gasteiger partial charge in [0.25, 0.3) is 0 Å². The minimum absolute atomic E-state index is 0.424. The quantitative estimate of drug-likeness (QED) is 0.837. The third-order valence-corrected chi connectivity index (χ3v) is 3.24. The van der Waals surface area contributed by atoms with Crippen LogP contribution in [0.4, 0.5) is 5.69 Å². The number of para-hydroxylation sites is 1. The molecule has 0 fully saturated rings. The van der Waals surface area contributed by atoms with Crippen LogP contribution in [0.1, 0.15) is 38.1 Å². The van der Waals surface area contributed by atoms with Crippen LogP contribution in [0.2, 0.25) is 0 Å². The van der Waals surface area contributed by atoms with Crippen molar-refractivity contribution in [3.63, 3.8) is 0 Å². The lowest BCUT2D eigenvalue weighted by molar-refractivity contribution is 0.134. The fourth-order valence-corrected chi connectivity index (χ4v) is 2.15. The van der Waals surface area contributed by atoms with Crippen LogP contribution in [0.5, 0.6) is 0 Å². The van der Waals surface area contributed by atoms with E-state index in [1.165, 1.54) is 11.3 Å². The van der Waals surface area contributed by atoms with Crippen LogP contribution in [0, 0.1) is 0 Å². The summed E-state index contributed by atoms with van der Waals surface area (Å²) < 4.78 is 7.68. The Morgan fingerprint density at radius 1 is 1.30 bits per heavy atom. The van der Waals surface area contributed by atoms with Crippen molar-refractivity contribution in [2.45, 2.75) is 40.0 Å². The molecule has 108 valence electrons. The van der Waals surface area contributed by atoms with Gasteiger partial charge in [0.1, 0.15) is 0 Å². The van der Waals surface area contributed by atoms with Gasteiger partial charge < -0.3 is 14.6 Å². The van der Waals surface area contributed by atoms with E-state index in [0.29, 0.717) is 12.6 Å². The van der Waals surface area contributed by atoms with Gasteiger partial charge in [0.15, 0.2) is 0 Å². The van der Waals surface area contributed by atoms with Gasteiger partial charge in [-0.2, -0.15) is 0 Å². The highest BCUT2D eigenvalue weighted by molar-refractivity contribution is 5.50. The van der Waals surface area contributed by atoms with E-state index in [9.17, 15) is 0 Å². The van der Waals surface area contributed by atoms with Crippen LogP contribution < -0.4 is 5.32 Å². The van der Waals surface area contributed by atoms with E-state index >= 15 is 0 Å². The number of hydrogen-bond acceptors (Lipinski definition) is 3. The predicted octanol–water partition coefficient (Wildman–Crippen LogP) is 3.61. The van der Waals surface area contributed by atoms with E-state index in [1.54, 1.807) is 0 Å². The summed E-state index contributed by atoms with van der Waals surface area (Å²) in [5, 5.41) is 3.48. The van der Waals surface area contributed by atoms with Gasteiger partial charge >= 0.3 is 0 Å². The molecule has 0 spiro atoms. The first-order valence-corrected chi connectivity index (χ1v) is 7.12. The van der Waals surface area contributed by atoms with Crippen molar-refractivity contribution < 1.29 is 4.74 Å². The van der Waals surface area contributed by atoms with Gasteiger partial charge in [-0.15, -0.1) is 0 Å². The molecule has 4 nitrogen and oxygen atoms in total. The smallest absolute Gasteiger partial charge is 0.0951 e. The fraction of sp³-hybridized carbons (Fsp3) is 0.438. The molecule has 0 atom stereocenters. The van der Waals surface area contributed by atoms with Crippen molar-refractivity contribution >= 4 is 5.69 Å². The third-order valence-electron chi connectivity index (χ3n) is 3.24. The maximum absolute atomic E-state index is 5.50. The molecule has 1 aromatic carbocycles. The van der Waals surface area contributed by atoms with Gasteiger partial charge in [0, 0.05) is 30.1 Å². The summed E-state index contributed by atoms with van der Waals surface area (Å²) in [6, 6.07) is 8.69. The number of ether oxygens (including phenoxy) is 1. The van der Waals surface area contributed by atoms with Gasteiger partial charge in [-0.1, -0.05) is 18.2 Å². The van der Waals surface area contributed by atoms with Crippen LogP contribution in [-0.2, 0) is 17.9 Å². The van der Waals surface area contributed by atoms with E-state index in [-0.39, 0.29) is 0 Å². The zero-order chi connectivity index (χ0) is 14.4. The summed E-state index contributed by atoms with van der Waals surface area (Å²) in [5.41, 5.74) is 3.49. The summed E-state index contributed by atoms with van der Waals surface area (Å²) in [4.78, 5) is 4.23. The van der Waals surface area contributed by atoms with E-state index in [2.05, 4.69) is 40.8 Å². The van der Waals surface area contributed by atoms with Gasteiger partial charge in [0.05, 0.1) is 25.2 Å². The van der Waals surface area contributed by atoms with Crippen molar-refractivity contribution in [3.8, 4) is 0 Å². The number of aromatic nitrogens is 2. The van der Waals surface area contributed by atoms with Crippen LogP contribution in [0.3, 0.4) is 0 Å². The molecule has 20 heavy (non-hydrogen) atoms. The molecule has 0 aliphatic heterocycles. The molecule has 0 radical (unpaired) electrons. The molecule has 0 saturated carbocycles. The zero-order valence-corrected chi connectivity index (χ0v) is 12.5. The number of hydrogen-bond donors (Lipinski definition) is 1. The molecule has 0 amide bonds. The Balaban J connectivity index is 2.05. The first-order valence-electron chi connectivity index (χ1n) is 7.12. The number of nitrogens with one attached hydrogen (secondary N) is 1. The van der Waals surface area contributed by atoms with E-state index < -0.39 is 0 Å². The van der Waals surface area contributed by atoms with E-state index in [4.69, 9.17) is 4.74 Å². The molecular formula is C16H23N3O. The summed E-state index contributed by atoms with van der Waals surface area (Å²) >= 11 is 0. The third kappa shape index (κ3) is 3.61. The second-order valence-electron chi connectivity index (χ2n) is 5.03. The van der Waals surface area contributed by atoms with Crippen molar-refractivity contribution in [2.75, 3.05) is 11.9 Å². The van der Waals surface area contributed by atoms with Crippen LogP contribution >= 0.6 is 0 Å². The Hall–Kier alpha value is -1.81. The lowest BCUT2D eigenvalue weighted by Crippen LogP contribution is -2.10. The van der Waals surface area contributed by atoms with Crippen molar-refractivity contribution in [1.29, 1.82) is 0 Å². The minimum atomic E-state index is 0.424. The summed E-state index contributed by atoms with van der Waals surface area (Å²) in [6.45, 7) is 8.47. The van der Waals surface area contributed by atoms with Crippen molar-refractivity contribution in [1.82, 2.24) is 9.55 Å². The minimum Gasteiger partial charge on any atom is -0.379 e. The van der Waals surface area contributed by atoms with Gasteiger partial charge in [0.2, 0.25) is 0 Å². The van der Waals surface area contributed by atoms with E-state index in [0.717, 1.165) is 18.8 Å². The number of benzene rings is 1. The molecule has 4 heteroatoms. The normalized spacial score (nSPS) is 11.0. The first kappa shape index (κ1) is 14.6. The van der Waals surface area contributed by atoms with Crippen molar-refractivity contribution in [3.05, 3.63) is 48.0 Å². The summed E-state index contributed by atoms with van der Waals surface area (Å²) in [5.74, 6) is 0. The highest BCUT2D eigenvalue weighted by Gasteiger charge is 2.06. The molecule has 1 heterocycles. The number of anilines is 1. The molecule has 2 aromatic rings. The van der Waals surface area contributed by atoms with Gasteiger partial charge in [-0.3, -0.25) is 0 Å². The molecule has 0 aliphatic rings. The monoisotopic (exact) mass is 273 g/mol. The molecular weight excluding hydrogens is 250 g/mol. The van der Waals surface area contributed by atoms with Crippen molar-refractivity contribution in [2.24, 2.45) is 0 Å². The topological polar surface area (TPSA) is 39.1 Å². The Labute approximate surface area is 120 Å². The Bertz CT molecular complexity index is 534. The number of nitrogens with zero attached hydrogens (tertiary/aromatic N) is 2. The van der Waals surface area contributed by atoms with Gasteiger partial charge in [-0.05, 0) is 26.8 Å². The van der Waals surface area contributed by atoms with Crippen LogP contribution in [0.25, 0.3) is 0 Å². The molecule has 0 bridgehead atoms. The maximum Gasteiger partial charge on any atom is 0.0951 e. The average Bonchev–Trinajstić information content (AvgIpc) is 2.92. The fourth-order valence-electron chi connectivity index (χ4n) is 2.15.